The summed E-state index contributed by atoms with van der Waals surface area (Å²) in [5.41, 5.74) is 4.20. The number of imide groups is 1. The first-order chi connectivity index (χ1) is 27.3. The fourth-order valence-corrected chi connectivity index (χ4v) is 7.73. The molecule has 0 bridgehead atoms. The lowest BCUT2D eigenvalue weighted by molar-refractivity contribution is -0.139. The van der Waals surface area contributed by atoms with Crippen molar-refractivity contribution in [1.29, 1.82) is 0 Å². The first-order valence-electron chi connectivity index (χ1n) is 18.8. The van der Waals surface area contributed by atoms with E-state index >= 15 is 0 Å². The van der Waals surface area contributed by atoms with Crippen molar-refractivity contribution in [1.82, 2.24) is 9.80 Å². The van der Waals surface area contributed by atoms with Gasteiger partial charge in [0.25, 0.3) is 0 Å². The number of benzene rings is 5. The van der Waals surface area contributed by atoms with Gasteiger partial charge in [0.15, 0.2) is 11.8 Å². The van der Waals surface area contributed by atoms with E-state index in [1.165, 1.54) is 7.11 Å². The Kier molecular flexibility index (Phi) is 11.8. The van der Waals surface area contributed by atoms with Crippen molar-refractivity contribution in [2.45, 2.75) is 49.9 Å². The lowest BCUT2D eigenvalue weighted by Gasteiger charge is -2.27. The summed E-state index contributed by atoms with van der Waals surface area (Å²) in [7, 11) is 1.53. The van der Waals surface area contributed by atoms with Crippen molar-refractivity contribution in [3.63, 3.8) is 0 Å². The van der Waals surface area contributed by atoms with Crippen molar-refractivity contribution in [3.05, 3.63) is 173 Å². The van der Waals surface area contributed by atoms with Gasteiger partial charge in [-0.15, -0.1) is 0 Å². The zero-order valence-corrected chi connectivity index (χ0v) is 31.1. The fourth-order valence-electron chi connectivity index (χ4n) is 7.73. The van der Waals surface area contributed by atoms with Crippen LogP contribution < -0.4 is 4.74 Å². The zero-order chi connectivity index (χ0) is 39.0. The molecule has 7 rings (SSSR count). The van der Waals surface area contributed by atoms with Crippen molar-refractivity contribution >= 4 is 29.5 Å². The van der Waals surface area contributed by atoms with Crippen LogP contribution in [0, 0.1) is 0 Å². The van der Waals surface area contributed by atoms with Gasteiger partial charge in [-0.05, 0) is 48.2 Å². The molecule has 2 saturated heterocycles. The van der Waals surface area contributed by atoms with Gasteiger partial charge in [0.2, 0.25) is 5.91 Å². The number of Topliss-reactive ketones (excluding diaryl/α,β-unsaturated/α-hetero) is 1. The first kappa shape index (κ1) is 37.9. The minimum Gasteiger partial charge on any atom is -0.497 e. The number of aliphatic carboxylic acids is 1. The number of carbonyl (C=O) groups is 4. The number of likely N-dealkylation sites (tertiary alicyclic amines) is 1. The Hall–Kier alpha value is -6.39. The minimum absolute atomic E-state index is 0.0188. The topological polar surface area (TPSA) is 126 Å². The highest BCUT2D eigenvalue weighted by Gasteiger charge is 2.42. The van der Waals surface area contributed by atoms with Gasteiger partial charge >= 0.3 is 12.1 Å². The van der Waals surface area contributed by atoms with Crippen LogP contribution in [0.15, 0.2) is 145 Å². The first-order valence-corrected chi connectivity index (χ1v) is 18.8. The molecule has 284 valence electrons. The highest BCUT2D eigenvalue weighted by Crippen LogP contribution is 2.35. The summed E-state index contributed by atoms with van der Waals surface area (Å²) in [5.74, 6) is -2.42. The maximum atomic E-state index is 14.6. The van der Waals surface area contributed by atoms with Crippen molar-refractivity contribution in [2.24, 2.45) is 4.99 Å². The molecule has 10 nitrogen and oxygen atoms in total. The molecule has 0 spiro atoms. The molecule has 0 aliphatic carbocycles. The number of rotatable bonds is 14. The number of carboxylic acid groups (broad SMARTS) is 1. The molecular formula is C46H43N3O7. The number of aliphatic imine (C=N–C) groups is 1. The molecule has 1 N–H and O–H groups in total. The quantitative estimate of drug-likeness (QED) is 0.0904. The van der Waals surface area contributed by atoms with Crippen LogP contribution in [0.1, 0.15) is 69.4 Å². The molecule has 4 atom stereocenters. The van der Waals surface area contributed by atoms with Crippen LogP contribution in [-0.4, -0.2) is 76.7 Å². The molecular weight excluding hydrogens is 707 g/mol. The molecule has 2 aliphatic heterocycles. The normalized spacial score (nSPS) is 18.3. The van der Waals surface area contributed by atoms with Gasteiger partial charge in [0.1, 0.15) is 18.4 Å². The molecule has 0 unspecified atom stereocenters. The standard InChI is InChI=1S/C46H43N3O7/c1-55-35-25-23-32(24-26-35)38(28-41(50)49-40(30-56-46(49)54)33-16-7-3-8-17-33)43(45(52)53)47-42(34-18-9-4-10-19-34)36-20-11-12-21-37(36)44(51)39-22-13-27-48(39)29-31-14-5-2-6-15-31/h2-12,14-21,23-26,38-40,43H,13,22,27-30H2,1H3,(H,52,53)/t38-,39+,40-,43+/m1/s1. The molecule has 2 aliphatic rings. The van der Waals surface area contributed by atoms with E-state index in [1.807, 2.05) is 91.0 Å². The highest BCUT2D eigenvalue weighted by molar-refractivity contribution is 6.19. The molecule has 5 aromatic carbocycles. The molecule has 2 amide bonds. The molecule has 0 aromatic heterocycles. The van der Waals surface area contributed by atoms with Crippen molar-refractivity contribution in [2.75, 3.05) is 20.3 Å². The second kappa shape index (κ2) is 17.4. The van der Waals surface area contributed by atoms with Crippen molar-refractivity contribution in [3.8, 4) is 5.75 Å². The molecule has 10 heteroatoms. The summed E-state index contributed by atoms with van der Waals surface area (Å²) in [6, 6.07) is 39.8. The van der Waals surface area contributed by atoms with Crippen LogP contribution >= 0.6 is 0 Å². The Bertz CT molecular complexity index is 2190. The SMILES string of the molecule is COc1ccc([C@@H](CC(=O)N2C(=O)OC[C@@H]2c2ccccc2)[C@H](N=C(c2ccccc2)c2ccccc2C(=O)[C@@H]2CCCN2Cc2ccccc2)C(=O)O)cc1. The van der Waals surface area contributed by atoms with Crippen LogP contribution in [0.2, 0.25) is 0 Å². The summed E-state index contributed by atoms with van der Waals surface area (Å²) < 4.78 is 10.7. The number of hydrogen-bond donors (Lipinski definition) is 1. The van der Waals surface area contributed by atoms with Crippen LogP contribution in [0.25, 0.3) is 0 Å². The molecule has 0 radical (unpaired) electrons. The third kappa shape index (κ3) is 8.30. The lowest BCUT2D eigenvalue weighted by atomic mass is 9.86. The molecule has 2 fully saturated rings. The average molecular weight is 750 g/mol. The van der Waals surface area contributed by atoms with E-state index in [0.29, 0.717) is 46.7 Å². The average Bonchev–Trinajstić information content (AvgIpc) is 3.87. The number of methoxy groups -OCH3 is 1. The van der Waals surface area contributed by atoms with Gasteiger partial charge in [-0.25, -0.2) is 14.5 Å². The largest absolute Gasteiger partial charge is 0.497 e. The Morgan fingerprint density at radius 3 is 2.11 bits per heavy atom. The smallest absolute Gasteiger partial charge is 0.417 e. The Balaban J connectivity index is 1.30. The zero-order valence-electron chi connectivity index (χ0n) is 31.1. The maximum absolute atomic E-state index is 14.6. The van der Waals surface area contributed by atoms with Gasteiger partial charge in [0, 0.05) is 35.6 Å². The summed E-state index contributed by atoms with van der Waals surface area (Å²) >= 11 is 0. The predicted molar refractivity (Wildman–Crippen MR) is 212 cm³/mol. The van der Waals surface area contributed by atoms with Crippen LogP contribution in [0.3, 0.4) is 0 Å². The summed E-state index contributed by atoms with van der Waals surface area (Å²) in [5, 5.41) is 11.0. The van der Waals surface area contributed by atoms with Gasteiger partial charge in [-0.1, -0.05) is 127 Å². The number of carboxylic acids is 1. The van der Waals surface area contributed by atoms with Gasteiger partial charge in [0.05, 0.1) is 18.9 Å². The highest BCUT2D eigenvalue weighted by atomic mass is 16.6. The Morgan fingerprint density at radius 2 is 1.45 bits per heavy atom. The fraction of sp³-hybridized carbons (Fsp3) is 0.239. The second-order valence-corrected chi connectivity index (χ2v) is 14.0. The van der Waals surface area contributed by atoms with Gasteiger partial charge < -0.3 is 14.6 Å². The van der Waals surface area contributed by atoms with E-state index in [4.69, 9.17) is 14.5 Å². The third-order valence-corrected chi connectivity index (χ3v) is 10.6. The van der Waals surface area contributed by atoms with Gasteiger partial charge in [-0.2, -0.15) is 0 Å². The maximum Gasteiger partial charge on any atom is 0.417 e. The number of nitrogens with zero attached hydrogens (tertiary/aromatic N) is 3. The Labute approximate surface area is 326 Å². The van der Waals surface area contributed by atoms with E-state index in [-0.39, 0.29) is 24.9 Å². The molecule has 5 aromatic rings. The minimum atomic E-state index is -1.51. The molecule has 56 heavy (non-hydrogen) atoms. The Morgan fingerprint density at radius 1 is 0.821 bits per heavy atom. The molecule has 0 saturated carbocycles. The molecule has 2 heterocycles. The van der Waals surface area contributed by atoms with E-state index in [1.54, 1.807) is 36.4 Å². The van der Waals surface area contributed by atoms with E-state index in [9.17, 15) is 24.3 Å². The van der Waals surface area contributed by atoms with Crippen LogP contribution in [0.5, 0.6) is 5.75 Å². The predicted octanol–water partition coefficient (Wildman–Crippen LogP) is 7.73. The van der Waals surface area contributed by atoms with E-state index in [0.717, 1.165) is 29.0 Å². The monoisotopic (exact) mass is 749 g/mol. The number of ether oxygens (including phenoxy) is 2. The number of amides is 2. The number of cyclic esters (lactones) is 1. The summed E-state index contributed by atoms with van der Waals surface area (Å²) in [4.78, 5) is 63.7. The van der Waals surface area contributed by atoms with Crippen LogP contribution in [-0.2, 0) is 20.9 Å². The summed E-state index contributed by atoms with van der Waals surface area (Å²) in [6.07, 6.45) is 0.405. The van der Waals surface area contributed by atoms with Crippen molar-refractivity contribution < 1.29 is 33.8 Å². The van der Waals surface area contributed by atoms with E-state index < -0.39 is 36.0 Å². The number of carbonyl (C=O) groups excluding carboxylic acids is 3. The summed E-state index contributed by atoms with van der Waals surface area (Å²) in [6.45, 7) is 1.39. The second-order valence-electron chi connectivity index (χ2n) is 14.0. The number of ketones is 1. The van der Waals surface area contributed by atoms with Gasteiger partial charge in [-0.3, -0.25) is 19.5 Å². The van der Waals surface area contributed by atoms with Crippen LogP contribution in [0.4, 0.5) is 4.79 Å². The lowest BCUT2D eigenvalue weighted by Crippen LogP contribution is -2.38. The third-order valence-electron chi connectivity index (χ3n) is 10.6. The van der Waals surface area contributed by atoms with E-state index in [2.05, 4.69) is 17.0 Å². The number of hydrogen-bond acceptors (Lipinski definition) is 8.